The number of H-pyrrole nitrogens is 1. The van der Waals surface area contributed by atoms with Gasteiger partial charge in [0.1, 0.15) is 11.6 Å². The summed E-state index contributed by atoms with van der Waals surface area (Å²) in [5.74, 6) is 2.01. The third kappa shape index (κ3) is 4.44. The molecule has 7 heteroatoms. The number of carbonyl (C=O) groups excluding carboxylic acids is 1. The van der Waals surface area contributed by atoms with Gasteiger partial charge in [0, 0.05) is 23.1 Å². The van der Waals surface area contributed by atoms with E-state index >= 15 is 0 Å². The molecule has 0 unspecified atom stereocenters. The number of ketones is 1. The molecule has 2 aromatic carbocycles. The van der Waals surface area contributed by atoms with Gasteiger partial charge < -0.3 is 4.74 Å². The number of nitrogens with one attached hydrogen (secondary N) is 1. The molecule has 3 aromatic rings. The van der Waals surface area contributed by atoms with Crippen molar-refractivity contribution in [1.29, 1.82) is 0 Å². The molecule has 0 atom stereocenters. The number of aromatic nitrogens is 3. The molecule has 0 bridgehead atoms. The van der Waals surface area contributed by atoms with Crippen LogP contribution in [0.1, 0.15) is 42.1 Å². The normalized spacial score (nSPS) is 13.3. The second-order valence-electron chi connectivity index (χ2n) is 7.53. The first-order valence-corrected chi connectivity index (χ1v) is 10.4. The smallest absolute Gasteiger partial charge is 0.348 e. The number of aromatic amines is 1. The number of aryl methyl sites for hydroxylation is 1. The van der Waals surface area contributed by atoms with Crippen LogP contribution < -0.4 is 10.4 Å². The van der Waals surface area contributed by atoms with E-state index in [9.17, 15) is 9.59 Å². The van der Waals surface area contributed by atoms with Crippen LogP contribution in [-0.4, -0.2) is 27.3 Å². The number of halogens is 1. The van der Waals surface area contributed by atoms with E-state index in [0.29, 0.717) is 34.1 Å². The van der Waals surface area contributed by atoms with Crippen molar-refractivity contribution in [3.63, 3.8) is 0 Å². The zero-order valence-corrected chi connectivity index (χ0v) is 17.6. The van der Waals surface area contributed by atoms with Crippen molar-refractivity contribution >= 4 is 17.4 Å². The second kappa shape index (κ2) is 8.40. The van der Waals surface area contributed by atoms with Crippen LogP contribution in [0, 0.1) is 12.8 Å². The average Bonchev–Trinajstić information content (AvgIpc) is 3.56. The van der Waals surface area contributed by atoms with Crippen molar-refractivity contribution in [2.24, 2.45) is 5.92 Å². The Morgan fingerprint density at radius 3 is 2.60 bits per heavy atom. The summed E-state index contributed by atoms with van der Waals surface area (Å²) in [7, 11) is 0. The molecule has 6 nitrogen and oxygen atoms in total. The Morgan fingerprint density at radius 2 is 1.93 bits per heavy atom. The average molecular weight is 424 g/mol. The summed E-state index contributed by atoms with van der Waals surface area (Å²) >= 11 is 6.41. The van der Waals surface area contributed by atoms with Crippen LogP contribution in [0.4, 0.5) is 0 Å². The van der Waals surface area contributed by atoms with Gasteiger partial charge in [-0.1, -0.05) is 18.5 Å². The van der Waals surface area contributed by atoms with Crippen LogP contribution in [0.15, 0.2) is 41.2 Å². The molecule has 30 heavy (non-hydrogen) atoms. The largest absolute Gasteiger partial charge is 0.493 e. The summed E-state index contributed by atoms with van der Waals surface area (Å²) in [5, 5.41) is 0.407. The topological polar surface area (TPSA) is 84.9 Å². The minimum Gasteiger partial charge on any atom is -0.493 e. The van der Waals surface area contributed by atoms with Gasteiger partial charge in [0.15, 0.2) is 11.6 Å². The van der Waals surface area contributed by atoms with E-state index in [1.165, 1.54) is 12.8 Å². The summed E-state index contributed by atoms with van der Waals surface area (Å²) < 4.78 is 5.75. The van der Waals surface area contributed by atoms with E-state index in [2.05, 4.69) is 15.0 Å². The zero-order chi connectivity index (χ0) is 21.3. The summed E-state index contributed by atoms with van der Waals surface area (Å²) in [5.41, 5.74) is 1.99. The highest BCUT2D eigenvalue weighted by atomic mass is 35.5. The van der Waals surface area contributed by atoms with Crippen LogP contribution in [0.3, 0.4) is 0 Å². The van der Waals surface area contributed by atoms with E-state index in [1.807, 2.05) is 31.2 Å². The van der Waals surface area contributed by atoms with E-state index in [0.717, 1.165) is 17.9 Å². The number of ether oxygens (including phenoxy) is 1. The summed E-state index contributed by atoms with van der Waals surface area (Å²) in [6.45, 7) is 4.37. The molecule has 1 heterocycles. The third-order valence-electron chi connectivity index (χ3n) is 5.14. The number of hydrogen-bond donors (Lipinski definition) is 1. The highest BCUT2D eigenvalue weighted by Gasteiger charge is 2.22. The van der Waals surface area contributed by atoms with Crippen LogP contribution in [0.5, 0.6) is 5.75 Å². The SMILES string of the molecule is CCC(=O)c1cc(-c2nc(-c3ccc(OCC4CC4)cc3)nc(=O)[nH]2)c(Cl)cc1C. The van der Waals surface area contributed by atoms with Gasteiger partial charge in [-0.25, -0.2) is 9.78 Å². The first-order valence-electron chi connectivity index (χ1n) is 10.00. The molecule has 0 spiro atoms. The lowest BCUT2D eigenvalue weighted by Crippen LogP contribution is -2.15. The maximum absolute atomic E-state index is 12.3. The summed E-state index contributed by atoms with van der Waals surface area (Å²) in [6, 6.07) is 10.7. The molecular formula is C23H22ClN3O3. The molecule has 0 saturated heterocycles. The third-order valence-corrected chi connectivity index (χ3v) is 5.45. The second-order valence-corrected chi connectivity index (χ2v) is 7.94. The summed E-state index contributed by atoms with van der Waals surface area (Å²) in [6.07, 6.45) is 2.84. The van der Waals surface area contributed by atoms with Crippen molar-refractivity contribution in [3.05, 3.63) is 63.0 Å². The van der Waals surface area contributed by atoms with Gasteiger partial charge in [0.2, 0.25) is 0 Å². The van der Waals surface area contributed by atoms with Gasteiger partial charge in [-0.2, -0.15) is 4.98 Å². The van der Waals surface area contributed by atoms with Gasteiger partial charge >= 0.3 is 5.69 Å². The van der Waals surface area contributed by atoms with E-state index in [1.54, 1.807) is 19.1 Å². The maximum Gasteiger partial charge on any atom is 0.348 e. The standard InChI is InChI=1S/C23H22ClN3O3/c1-3-20(28)17-11-18(19(24)10-13(17)2)22-25-21(26-23(29)27-22)15-6-8-16(9-7-15)30-12-14-4-5-14/h6-11,14H,3-5,12H2,1-2H3,(H,25,26,27,29). The van der Waals surface area contributed by atoms with Gasteiger partial charge in [0.25, 0.3) is 0 Å². The van der Waals surface area contributed by atoms with Crippen LogP contribution in [0.2, 0.25) is 5.02 Å². The van der Waals surface area contributed by atoms with Crippen LogP contribution >= 0.6 is 11.6 Å². The number of nitrogens with zero attached hydrogens (tertiary/aromatic N) is 2. The fraction of sp³-hybridized carbons (Fsp3) is 0.304. The molecule has 0 aliphatic heterocycles. The highest BCUT2D eigenvalue weighted by Crippen LogP contribution is 2.31. The number of benzene rings is 2. The molecule has 1 fully saturated rings. The van der Waals surface area contributed by atoms with Crippen molar-refractivity contribution in [2.75, 3.05) is 6.61 Å². The molecule has 4 rings (SSSR count). The monoisotopic (exact) mass is 423 g/mol. The molecule has 1 saturated carbocycles. The molecule has 1 aliphatic rings. The van der Waals surface area contributed by atoms with Crippen molar-refractivity contribution in [1.82, 2.24) is 15.0 Å². The predicted octanol–water partition coefficient (Wildman–Crippen LogP) is 4.84. The Morgan fingerprint density at radius 1 is 1.20 bits per heavy atom. The minimum atomic E-state index is -0.538. The minimum absolute atomic E-state index is 0.00355. The predicted molar refractivity (Wildman–Crippen MR) is 116 cm³/mol. The number of rotatable bonds is 7. The number of Topliss-reactive ketones (excluding diaryl/α,β-unsaturated/α-hetero) is 1. The molecule has 0 radical (unpaired) electrons. The number of carbonyl (C=O) groups is 1. The lowest BCUT2D eigenvalue weighted by Gasteiger charge is -2.10. The zero-order valence-electron chi connectivity index (χ0n) is 16.9. The first kappa shape index (κ1) is 20.3. The Bertz CT molecular complexity index is 1150. The molecular weight excluding hydrogens is 402 g/mol. The Labute approximate surface area is 179 Å². The first-order chi connectivity index (χ1) is 14.4. The van der Waals surface area contributed by atoms with Gasteiger partial charge in [-0.3, -0.25) is 9.78 Å². The van der Waals surface area contributed by atoms with Crippen molar-refractivity contribution in [3.8, 4) is 28.5 Å². The molecule has 0 amide bonds. The molecule has 154 valence electrons. The number of hydrogen-bond acceptors (Lipinski definition) is 5. The van der Waals surface area contributed by atoms with Crippen molar-refractivity contribution < 1.29 is 9.53 Å². The van der Waals surface area contributed by atoms with E-state index in [4.69, 9.17) is 16.3 Å². The maximum atomic E-state index is 12.3. The molecule has 1 N–H and O–H groups in total. The summed E-state index contributed by atoms with van der Waals surface area (Å²) in [4.78, 5) is 35.6. The lowest BCUT2D eigenvalue weighted by atomic mass is 9.99. The lowest BCUT2D eigenvalue weighted by molar-refractivity contribution is 0.0987. The Kier molecular flexibility index (Phi) is 5.68. The quantitative estimate of drug-likeness (QED) is 0.549. The fourth-order valence-corrected chi connectivity index (χ4v) is 3.49. The van der Waals surface area contributed by atoms with E-state index < -0.39 is 5.69 Å². The van der Waals surface area contributed by atoms with Crippen molar-refractivity contribution in [2.45, 2.75) is 33.1 Å². The van der Waals surface area contributed by atoms with Gasteiger partial charge in [0.05, 0.1) is 11.6 Å². The molecule has 1 aromatic heterocycles. The van der Waals surface area contributed by atoms with Crippen LogP contribution in [-0.2, 0) is 0 Å². The molecule has 1 aliphatic carbocycles. The Hall–Kier alpha value is -2.99. The van der Waals surface area contributed by atoms with Gasteiger partial charge in [-0.15, -0.1) is 0 Å². The van der Waals surface area contributed by atoms with Crippen LogP contribution in [0.25, 0.3) is 22.8 Å². The van der Waals surface area contributed by atoms with E-state index in [-0.39, 0.29) is 17.4 Å². The highest BCUT2D eigenvalue weighted by molar-refractivity contribution is 6.33. The Balaban J connectivity index is 1.68. The fourth-order valence-electron chi connectivity index (χ4n) is 3.18. The van der Waals surface area contributed by atoms with Gasteiger partial charge in [-0.05, 0) is 67.6 Å².